The van der Waals surface area contributed by atoms with E-state index in [4.69, 9.17) is 0 Å². The van der Waals surface area contributed by atoms with Crippen LogP contribution in [0.3, 0.4) is 0 Å². The fourth-order valence-corrected chi connectivity index (χ4v) is 3.88. The first-order valence-electron chi connectivity index (χ1n) is 10.6. The number of hydrogen-bond acceptors (Lipinski definition) is 4. The molecule has 0 bridgehead atoms. The lowest BCUT2D eigenvalue weighted by molar-refractivity contribution is -0.140. The van der Waals surface area contributed by atoms with Gasteiger partial charge in [-0.3, -0.25) is 4.79 Å². The first-order chi connectivity index (χ1) is 12.4. The van der Waals surface area contributed by atoms with Crippen molar-refractivity contribution >= 4 is 5.97 Å². The zero-order valence-corrected chi connectivity index (χ0v) is 17.1. The van der Waals surface area contributed by atoms with E-state index < -0.39 is 5.60 Å². The van der Waals surface area contributed by atoms with Gasteiger partial charge < -0.3 is 14.9 Å². The van der Waals surface area contributed by atoms with Crippen molar-refractivity contribution in [1.82, 2.24) is 0 Å². The Morgan fingerprint density at radius 1 is 1.23 bits per heavy atom. The third-order valence-electron chi connectivity index (χ3n) is 5.67. The van der Waals surface area contributed by atoms with E-state index in [1.54, 1.807) is 0 Å². The van der Waals surface area contributed by atoms with Gasteiger partial charge in [0.05, 0.1) is 18.8 Å². The lowest BCUT2D eigenvalue weighted by Crippen LogP contribution is -2.23. The predicted octanol–water partition coefficient (Wildman–Crippen LogP) is 4.92. The second-order valence-electron chi connectivity index (χ2n) is 8.18. The monoisotopic (exact) mass is 368 g/mol. The maximum absolute atomic E-state index is 11.1. The van der Waals surface area contributed by atoms with Crippen molar-refractivity contribution in [3.8, 4) is 0 Å². The number of aliphatic hydroxyl groups is 2. The number of rotatable bonds is 13. The van der Waals surface area contributed by atoms with E-state index in [9.17, 15) is 15.0 Å². The molecule has 1 rings (SSSR count). The predicted molar refractivity (Wildman–Crippen MR) is 106 cm³/mol. The van der Waals surface area contributed by atoms with Crippen LogP contribution in [0.1, 0.15) is 97.3 Å². The average molecular weight is 369 g/mol. The van der Waals surface area contributed by atoms with Crippen LogP contribution in [0.25, 0.3) is 0 Å². The van der Waals surface area contributed by atoms with Crippen LogP contribution in [0, 0.1) is 5.92 Å². The second-order valence-corrected chi connectivity index (χ2v) is 8.18. The van der Waals surface area contributed by atoms with Crippen LogP contribution in [0.4, 0.5) is 0 Å². The van der Waals surface area contributed by atoms with Gasteiger partial charge in [0.15, 0.2) is 0 Å². The molecule has 26 heavy (non-hydrogen) atoms. The van der Waals surface area contributed by atoms with E-state index in [0.717, 1.165) is 57.8 Å². The number of carbonyl (C=O) groups is 1. The largest absolute Gasteiger partial charge is 0.469 e. The van der Waals surface area contributed by atoms with E-state index in [1.807, 2.05) is 6.92 Å². The highest BCUT2D eigenvalue weighted by atomic mass is 16.5. The van der Waals surface area contributed by atoms with Crippen LogP contribution in [0.5, 0.6) is 0 Å². The third-order valence-corrected chi connectivity index (χ3v) is 5.67. The van der Waals surface area contributed by atoms with Crippen molar-refractivity contribution in [1.29, 1.82) is 0 Å². The summed E-state index contributed by atoms with van der Waals surface area (Å²) < 4.78 is 4.65. The summed E-state index contributed by atoms with van der Waals surface area (Å²) >= 11 is 0. The Hall–Kier alpha value is -0.870. The zero-order chi connectivity index (χ0) is 19.4. The molecule has 0 spiro atoms. The molecule has 1 unspecified atom stereocenters. The maximum Gasteiger partial charge on any atom is 0.305 e. The molecule has 0 aliphatic heterocycles. The minimum Gasteiger partial charge on any atom is -0.469 e. The minimum absolute atomic E-state index is 0.132. The minimum atomic E-state index is -0.631. The van der Waals surface area contributed by atoms with E-state index in [-0.39, 0.29) is 18.0 Å². The quantitative estimate of drug-likeness (QED) is 0.275. The van der Waals surface area contributed by atoms with Crippen LogP contribution in [0.2, 0.25) is 0 Å². The van der Waals surface area contributed by atoms with Gasteiger partial charge in [-0.15, -0.1) is 0 Å². The van der Waals surface area contributed by atoms with E-state index in [2.05, 4.69) is 17.7 Å². The number of carbonyl (C=O) groups excluding carboxylic acids is 1. The standard InChI is InChI=1S/C22H40O4/c1-4-5-10-16-22(2,25)17-15-18-13-14-20(23)19(18)11-8-6-7-9-12-21(24)26-3/h15,19-20,23,25H,4-14,16-17H2,1-3H3/t19-,20+,22?/m1/s1. The van der Waals surface area contributed by atoms with Gasteiger partial charge in [0.25, 0.3) is 0 Å². The molecule has 1 saturated carbocycles. The number of methoxy groups -OCH3 is 1. The van der Waals surface area contributed by atoms with E-state index >= 15 is 0 Å². The van der Waals surface area contributed by atoms with Gasteiger partial charge in [-0.2, -0.15) is 0 Å². The van der Waals surface area contributed by atoms with E-state index in [0.29, 0.717) is 12.8 Å². The molecule has 4 nitrogen and oxygen atoms in total. The van der Waals surface area contributed by atoms with Gasteiger partial charge in [0, 0.05) is 12.3 Å². The Morgan fingerprint density at radius 3 is 2.65 bits per heavy atom. The highest BCUT2D eigenvalue weighted by molar-refractivity contribution is 5.68. The van der Waals surface area contributed by atoms with Crippen molar-refractivity contribution in [2.75, 3.05) is 7.11 Å². The Labute approximate surface area is 160 Å². The van der Waals surface area contributed by atoms with E-state index in [1.165, 1.54) is 25.5 Å². The molecular formula is C22H40O4. The van der Waals surface area contributed by atoms with Crippen LogP contribution in [0.15, 0.2) is 11.6 Å². The number of esters is 1. The highest BCUT2D eigenvalue weighted by Gasteiger charge is 2.30. The van der Waals surface area contributed by atoms with Crippen molar-refractivity contribution in [3.05, 3.63) is 11.6 Å². The molecule has 4 heteroatoms. The van der Waals surface area contributed by atoms with Crippen LogP contribution < -0.4 is 0 Å². The highest BCUT2D eigenvalue weighted by Crippen LogP contribution is 2.36. The summed E-state index contributed by atoms with van der Waals surface area (Å²) in [5.41, 5.74) is 0.705. The van der Waals surface area contributed by atoms with Crippen molar-refractivity contribution in [2.45, 2.75) is 109 Å². The summed E-state index contributed by atoms with van der Waals surface area (Å²) in [4.78, 5) is 11.1. The Balaban J connectivity index is 2.35. The Bertz CT molecular complexity index is 428. The molecule has 0 saturated heterocycles. The van der Waals surface area contributed by atoms with Crippen LogP contribution in [-0.2, 0) is 9.53 Å². The molecule has 0 aromatic rings. The molecule has 1 aliphatic rings. The average Bonchev–Trinajstić information content (AvgIpc) is 2.96. The molecule has 1 aliphatic carbocycles. The molecular weight excluding hydrogens is 328 g/mol. The van der Waals surface area contributed by atoms with Gasteiger partial charge in [-0.05, 0) is 45.4 Å². The lowest BCUT2D eigenvalue weighted by atomic mass is 9.89. The molecule has 0 aromatic carbocycles. The number of hydrogen-bond donors (Lipinski definition) is 2. The summed E-state index contributed by atoms with van der Waals surface area (Å²) in [6, 6.07) is 0. The van der Waals surface area contributed by atoms with Crippen molar-refractivity contribution in [3.63, 3.8) is 0 Å². The van der Waals surface area contributed by atoms with Gasteiger partial charge in [0.2, 0.25) is 0 Å². The first-order valence-corrected chi connectivity index (χ1v) is 10.6. The number of aliphatic hydroxyl groups excluding tert-OH is 1. The van der Waals surface area contributed by atoms with Crippen LogP contribution in [-0.4, -0.2) is 35.0 Å². The summed E-state index contributed by atoms with van der Waals surface area (Å²) in [6.07, 6.45) is 14.3. The fourth-order valence-electron chi connectivity index (χ4n) is 3.88. The molecule has 0 amide bonds. The third kappa shape index (κ3) is 9.18. The molecule has 152 valence electrons. The van der Waals surface area contributed by atoms with Gasteiger partial charge in [-0.25, -0.2) is 0 Å². The Kier molecular flexibility index (Phi) is 11.1. The van der Waals surface area contributed by atoms with Crippen molar-refractivity contribution < 1.29 is 19.7 Å². The van der Waals surface area contributed by atoms with Gasteiger partial charge in [-0.1, -0.05) is 57.1 Å². The van der Waals surface area contributed by atoms with Crippen molar-refractivity contribution in [2.24, 2.45) is 5.92 Å². The summed E-state index contributed by atoms with van der Waals surface area (Å²) in [5, 5.41) is 20.9. The SMILES string of the molecule is CCCCCC(C)(O)CC=C1CC[C@H](O)[C@@H]1CCCCCCC(=O)OC. The van der Waals surface area contributed by atoms with Gasteiger partial charge >= 0.3 is 5.97 Å². The molecule has 0 aromatic heterocycles. The first kappa shape index (κ1) is 23.2. The maximum atomic E-state index is 11.1. The molecule has 1 fully saturated rings. The number of ether oxygens (including phenoxy) is 1. The summed E-state index contributed by atoms with van der Waals surface area (Å²) in [6.45, 7) is 4.11. The lowest BCUT2D eigenvalue weighted by Gasteiger charge is -2.23. The molecule has 2 N–H and O–H groups in total. The van der Waals surface area contributed by atoms with Gasteiger partial charge in [0.1, 0.15) is 0 Å². The van der Waals surface area contributed by atoms with Crippen LogP contribution >= 0.6 is 0 Å². The summed E-state index contributed by atoms with van der Waals surface area (Å²) in [5.74, 6) is 0.120. The second kappa shape index (κ2) is 12.5. The zero-order valence-electron chi connectivity index (χ0n) is 17.1. The topological polar surface area (TPSA) is 66.8 Å². The Morgan fingerprint density at radius 2 is 1.96 bits per heavy atom. The molecule has 0 heterocycles. The smallest absolute Gasteiger partial charge is 0.305 e. The fraction of sp³-hybridized carbons (Fsp3) is 0.864. The number of unbranched alkanes of at least 4 members (excludes halogenated alkanes) is 5. The normalized spacial score (nSPS) is 24.0. The summed E-state index contributed by atoms with van der Waals surface area (Å²) in [7, 11) is 1.43. The molecule has 0 radical (unpaired) electrons. The molecule has 3 atom stereocenters.